The van der Waals surface area contributed by atoms with E-state index in [1.54, 1.807) is 0 Å². The molecule has 0 atom stereocenters. The van der Waals surface area contributed by atoms with E-state index in [9.17, 15) is 26.3 Å². The second-order valence-electron chi connectivity index (χ2n) is 3.25. The van der Waals surface area contributed by atoms with E-state index < -0.39 is 29.3 Å². The highest BCUT2D eigenvalue weighted by Crippen LogP contribution is 2.35. The highest BCUT2D eigenvalue weighted by atomic mass is 19.4. The Bertz CT molecular complexity index is 551. The lowest BCUT2D eigenvalue weighted by Gasteiger charge is -2.09. The van der Waals surface area contributed by atoms with Crippen molar-refractivity contribution in [3.63, 3.8) is 0 Å². The van der Waals surface area contributed by atoms with Crippen molar-refractivity contribution < 1.29 is 26.3 Å². The van der Waals surface area contributed by atoms with Crippen LogP contribution < -0.4 is 0 Å². The van der Waals surface area contributed by atoms with Crippen molar-refractivity contribution in [2.75, 3.05) is 0 Å². The maximum Gasteiger partial charge on any atom is 0.450 e. The van der Waals surface area contributed by atoms with Crippen LogP contribution in [0.4, 0.5) is 26.3 Å². The fourth-order valence-electron chi connectivity index (χ4n) is 1.47. The minimum atomic E-state index is -4.80. The first kappa shape index (κ1) is 11.7. The first-order valence-corrected chi connectivity index (χ1v) is 4.32. The molecule has 0 N–H and O–H groups in total. The molecule has 0 aliphatic carbocycles. The summed E-state index contributed by atoms with van der Waals surface area (Å²) in [5, 5.41) is 0. The minimum Gasteiger partial charge on any atom is -0.296 e. The number of hydrogen-bond acceptors (Lipinski definition) is 1. The lowest BCUT2D eigenvalue weighted by molar-refractivity contribution is -0.146. The number of hydrogen-bond donors (Lipinski definition) is 0. The molecule has 0 fully saturated rings. The van der Waals surface area contributed by atoms with Crippen LogP contribution in [-0.4, -0.2) is 9.38 Å². The van der Waals surface area contributed by atoms with Crippen molar-refractivity contribution >= 4 is 5.52 Å². The zero-order valence-corrected chi connectivity index (χ0v) is 7.97. The van der Waals surface area contributed by atoms with Gasteiger partial charge in [-0.2, -0.15) is 26.3 Å². The van der Waals surface area contributed by atoms with E-state index in [1.165, 1.54) is 0 Å². The van der Waals surface area contributed by atoms with Gasteiger partial charge in [0.1, 0.15) is 0 Å². The Hall–Kier alpha value is -1.73. The Kier molecular flexibility index (Phi) is 2.33. The van der Waals surface area contributed by atoms with Crippen molar-refractivity contribution in [3.8, 4) is 0 Å². The van der Waals surface area contributed by atoms with Crippen LogP contribution in [0.25, 0.3) is 5.52 Å². The Morgan fingerprint density at radius 2 is 1.65 bits per heavy atom. The summed E-state index contributed by atoms with van der Waals surface area (Å²) in [4.78, 5) is 2.98. The predicted molar refractivity (Wildman–Crippen MR) is 45.2 cm³/mol. The molecular formula is C9H4F6N2. The smallest absolute Gasteiger partial charge is 0.296 e. The molecule has 2 nitrogen and oxygen atoms in total. The molecular weight excluding hydrogens is 250 g/mol. The van der Waals surface area contributed by atoms with Crippen molar-refractivity contribution in [1.29, 1.82) is 0 Å². The molecule has 0 unspecified atom stereocenters. The monoisotopic (exact) mass is 254 g/mol. The van der Waals surface area contributed by atoms with Gasteiger partial charge in [-0.05, 0) is 12.1 Å². The van der Waals surface area contributed by atoms with Gasteiger partial charge in [0.05, 0.1) is 17.3 Å². The van der Waals surface area contributed by atoms with E-state index in [0.29, 0.717) is 16.7 Å². The summed E-state index contributed by atoms with van der Waals surface area (Å²) >= 11 is 0. The normalized spacial score (nSPS) is 13.3. The first-order chi connectivity index (χ1) is 7.71. The fraction of sp³-hybridized carbons (Fsp3) is 0.222. The molecule has 8 heteroatoms. The second kappa shape index (κ2) is 3.38. The number of rotatable bonds is 0. The molecule has 0 aliphatic heterocycles. The average molecular weight is 254 g/mol. The Labute approximate surface area is 90.5 Å². The number of aromatic nitrogens is 2. The van der Waals surface area contributed by atoms with Gasteiger partial charge in [-0.25, -0.2) is 4.98 Å². The molecule has 0 saturated heterocycles. The molecule has 2 aromatic heterocycles. The summed E-state index contributed by atoms with van der Waals surface area (Å²) in [6.45, 7) is 0. The molecule has 0 radical (unpaired) electrons. The Balaban J connectivity index is 2.74. The van der Waals surface area contributed by atoms with E-state index in [4.69, 9.17) is 0 Å². The van der Waals surface area contributed by atoms with Gasteiger partial charge in [0, 0.05) is 6.20 Å². The average Bonchev–Trinajstić information content (AvgIpc) is 2.57. The van der Waals surface area contributed by atoms with Gasteiger partial charge in [0.2, 0.25) is 5.82 Å². The summed E-state index contributed by atoms with van der Waals surface area (Å²) in [5.74, 6) is -1.38. The number of halogens is 6. The summed E-state index contributed by atoms with van der Waals surface area (Å²) in [5.41, 5.74) is -1.77. The molecule has 2 heterocycles. The van der Waals surface area contributed by atoms with Crippen LogP contribution in [0.15, 0.2) is 24.5 Å². The van der Waals surface area contributed by atoms with Gasteiger partial charge in [-0.1, -0.05) is 0 Å². The third-order valence-electron chi connectivity index (χ3n) is 2.13. The van der Waals surface area contributed by atoms with Crippen molar-refractivity contribution in [2.24, 2.45) is 0 Å². The maximum atomic E-state index is 12.5. The molecule has 92 valence electrons. The highest BCUT2D eigenvalue weighted by Gasteiger charge is 2.38. The topological polar surface area (TPSA) is 17.3 Å². The predicted octanol–water partition coefficient (Wildman–Crippen LogP) is 3.37. The van der Waals surface area contributed by atoms with Crippen LogP contribution >= 0.6 is 0 Å². The van der Waals surface area contributed by atoms with E-state index >= 15 is 0 Å². The summed E-state index contributed by atoms with van der Waals surface area (Å²) in [6.07, 6.45) is -8.06. The van der Waals surface area contributed by atoms with E-state index in [2.05, 4.69) is 4.98 Å². The van der Waals surface area contributed by atoms with Crippen LogP contribution in [0.2, 0.25) is 0 Å². The van der Waals surface area contributed by atoms with Crippen molar-refractivity contribution in [3.05, 3.63) is 35.9 Å². The van der Waals surface area contributed by atoms with Crippen molar-refractivity contribution in [2.45, 2.75) is 12.4 Å². The highest BCUT2D eigenvalue weighted by molar-refractivity contribution is 5.55. The van der Waals surface area contributed by atoms with Gasteiger partial charge >= 0.3 is 12.4 Å². The number of pyridine rings is 1. The van der Waals surface area contributed by atoms with Gasteiger partial charge in [-0.15, -0.1) is 0 Å². The standard InChI is InChI=1S/C9H4F6N2/c10-8(11,12)5-2-1-3-17-6(5)4-16-7(17)9(13,14)15/h1-4H. The summed E-state index contributed by atoms with van der Waals surface area (Å²) in [6, 6.07) is 1.60. The molecule has 0 amide bonds. The second-order valence-corrected chi connectivity index (χ2v) is 3.25. The molecule has 0 spiro atoms. The third kappa shape index (κ3) is 1.94. The lowest BCUT2D eigenvalue weighted by atomic mass is 10.2. The van der Waals surface area contributed by atoms with E-state index in [1.807, 2.05) is 0 Å². The van der Waals surface area contributed by atoms with Crippen LogP contribution in [-0.2, 0) is 12.4 Å². The maximum absolute atomic E-state index is 12.5. The molecule has 2 aromatic rings. The summed E-state index contributed by atoms with van der Waals surface area (Å²) in [7, 11) is 0. The zero-order valence-electron chi connectivity index (χ0n) is 7.97. The van der Waals surface area contributed by atoms with Crippen LogP contribution in [0.1, 0.15) is 11.4 Å². The van der Waals surface area contributed by atoms with Crippen LogP contribution in [0.3, 0.4) is 0 Å². The molecule has 0 aromatic carbocycles. The van der Waals surface area contributed by atoms with Gasteiger partial charge in [-0.3, -0.25) is 4.40 Å². The molecule has 0 saturated carbocycles. The fourth-order valence-corrected chi connectivity index (χ4v) is 1.47. The van der Waals surface area contributed by atoms with Gasteiger partial charge in [0.25, 0.3) is 0 Å². The van der Waals surface area contributed by atoms with E-state index in [-0.39, 0.29) is 0 Å². The number of nitrogens with zero attached hydrogens (tertiary/aromatic N) is 2. The van der Waals surface area contributed by atoms with Crippen LogP contribution in [0, 0.1) is 0 Å². The minimum absolute atomic E-state index is 0.378. The molecule has 2 rings (SSSR count). The number of fused-ring (bicyclic) bond motifs is 1. The Morgan fingerprint density at radius 3 is 2.18 bits per heavy atom. The van der Waals surface area contributed by atoms with Gasteiger partial charge in [0.15, 0.2) is 0 Å². The Morgan fingerprint density at radius 1 is 1.00 bits per heavy atom. The third-order valence-corrected chi connectivity index (χ3v) is 2.13. The quantitative estimate of drug-likeness (QED) is 0.659. The first-order valence-electron chi connectivity index (χ1n) is 4.32. The lowest BCUT2D eigenvalue weighted by Crippen LogP contribution is -2.12. The zero-order chi connectivity index (χ0) is 12.8. The SMILES string of the molecule is FC(F)(F)c1cccn2c(C(F)(F)F)ncc12. The van der Waals surface area contributed by atoms with E-state index in [0.717, 1.165) is 12.3 Å². The molecule has 0 bridgehead atoms. The number of imidazole rings is 1. The molecule has 0 aliphatic rings. The van der Waals surface area contributed by atoms with Crippen molar-refractivity contribution in [1.82, 2.24) is 9.38 Å². The summed E-state index contributed by atoms with van der Waals surface area (Å²) < 4.78 is 75.1. The largest absolute Gasteiger partial charge is 0.450 e. The number of alkyl halides is 6. The van der Waals surface area contributed by atoms with Crippen LogP contribution in [0.5, 0.6) is 0 Å². The van der Waals surface area contributed by atoms with Gasteiger partial charge < -0.3 is 0 Å². The molecule has 17 heavy (non-hydrogen) atoms.